The number of ketones is 2. The summed E-state index contributed by atoms with van der Waals surface area (Å²) in [5, 5.41) is 8.05. The molecule has 1 N–H and O–H groups in total. The van der Waals surface area contributed by atoms with Gasteiger partial charge in [0.05, 0.1) is 5.71 Å². The Kier molecular flexibility index (Phi) is 29.1. The molecule has 0 aliphatic heterocycles. The van der Waals surface area contributed by atoms with Crippen LogP contribution in [-0.4, -0.2) is 23.6 Å². The lowest BCUT2D eigenvalue weighted by Crippen LogP contribution is -2.00. The number of aldehydes is 1. The SMILES string of the molecule is CC(C)=O.CCCCC.CCCCCCCCC=O.CCc1cccc(C(=N)/C=C\C(=O)CCc2ccccc2)c1. The van der Waals surface area contributed by atoms with E-state index in [1.54, 1.807) is 6.08 Å². The van der Waals surface area contributed by atoms with E-state index in [0.29, 0.717) is 12.1 Å². The van der Waals surface area contributed by atoms with Crippen LogP contribution in [0.15, 0.2) is 66.7 Å². The Bertz CT molecular complexity index is 957. The molecule has 4 nitrogen and oxygen atoms in total. The minimum Gasteiger partial charge on any atom is -0.303 e. The first kappa shape index (κ1) is 40.0. The summed E-state index contributed by atoms with van der Waals surface area (Å²) < 4.78 is 0. The van der Waals surface area contributed by atoms with Gasteiger partial charge in [-0.3, -0.25) is 4.79 Å². The average Bonchev–Trinajstić information content (AvgIpc) is 2.98. The largest absolute Gasteiger partial charge is 0.303 e. The van der Waals surface area contributed by atoms with Crippen molar-refractivity contribution in [2.75, 3.05) is 0 Å². The third-order valence-electron chi connectivity index (χ3n) is 5.97. The van der Waals surface area contributed by atoms with Crippen LogP contribution in [0.25, 0.3) is 0 Å². The highest BCUT2D eigenvalue weighted by Gasteiger charge is 2.02. The van der Waals surface area contributed by atoms with Crippen molar-refractivity contribution in [3.63, 3.8) is 0 Å². The van der Waals surface area contributed by atoms with Crippen LogP contribution in [0.3, 0.4) is 0 Å². The van der Waals surface area contributed by atoms with Gasteiger partial charge in [0.15, 0.2) is 5.78 Å². The summed E-state index contributed by atoms with van der Waals surface area (Å²) in [5.74, 6) is 0.222. The van der Waals surface area contributed by atoms with Gasteiger partial charge in [-0.1, -0.05) is 128 Å². The molecule has 0 unspecified atom stereocenters. The topological polar surface area (TPSA) is 75.1 Å². The highest BCUT2D eigenvalue weighted by Crippen LogP contribution is 2.08. The minimum absolute atomic E-state index is 0.0558. The molecule has 0 aliphatic carbocycles. The Balaban J connectivity index is 0. The number of hydrogen-bond donors (Lipinski definition) is 1. The molecule has 0 heterocycles. The normalized spacial score (nSPS) is 9.80. The van der Waals surface area contributed by atoms with Crippen LogP contribution in [0.1, 0.15) is 129 Å². The summed E-state index contributed by atoms with van der Waals surface area (Å²) in [6.45, 7) is 11.8. The van der Waals surface area contributed by atoms with Crippen molar-refractivity contribution < 1.29 is 14.4 Å². The van der Waals surface area contributed by atoms with E-state index < -0.39 is 0 Å². The predicted molar refractivity (Wildman–Crippen MR) is 177 cm³/mol. The van der Waals surface area contributed by atoms with Crippen molar-refractivity contribution >= 4 is 23.6 Å². The second-order valence-corrected chi connectivity index (χ2v) is 10.2. The summed E-state index contributed by atoms with van der Waals surface area (Å²) in [6.07, 6.45) is 18.7. The van der Waals surface area contributed by atoms with Crippen molar-refractivity contribution in [3.05, 3.63) is 83.4 Å². The van der Waals surface area contributed by atoms with Crippen LogP contribution < -0.4 is 0 Å². The van der Waals surface area contributed by atoms with E-state index in [-0.39, 0.29) is 11.6 Å². The van der Waals surface area contributed by atoms with Crippen molar-refractivity contribution in [2.45, 2.75) is 125 Å². The molecule has 228 valence electrons. The summed E-state index contributed by atoms with van der Waals surface area (Å²) >= 11 is 0. The van der Waals surface area contributed by atoms with Crippen molar-refractivity contribution in [1.82, 2.24) is 0 Å². The lowest BCUT2D eigenvalue weighted by atomic mass is 10.0. The number of allylic oxidation sites excluding steroid dienone is 2. The van der Waals surface area contributed by atoms with Crippen LogP contribution in [0.5, 0.6) is 0 Å². The number of carbonyl (C=O) groups excluding carboxylic acids is 3. The van der Waals surface area contributed by atoms with Crippen LogP contribution in [-0.2, 0) is 27.2 Å². The molecule has 0 fully saturated rings. The van der Waals surface area contributed by atoms with E-state index in [9.17, 15) is 14.4 Å². The Hall–Kier alpha value is -3.14. The highest BCUT2D eigenvalue weighted by molar-refractivity contribution is 6.09. The number of nitrogens with one attached hydrogen (secondary N) is 1. The van der Waals surface area contributed by atoms with Crippen molar-refractivity contribution in [2.24, 2.45) is 0 Å². The number of benzene rings is 2. The standard InChI is InChI=1S/C20H21NO.C9H18O.C5H12.C3H6O/c1-2-16-9-6-10-18(15-16)20(21)14-13-19(22)12-11-17-7-4-3-5-8-17;1-2-3-4-5-6-7-8-9-10;1-3-5-4-2;1-3(2)4/h3-10,13-15,21H,2,11-12H2,1H3;9H,2-8H2,1H3;3-5H2,1-2H3;1-2H3/b14-13-,21-20?;;;. The fraction of sp³-hybridized carbons (Fsp3) is 0.514. The smallest absolute Gasteiger partial charge is 0.156 e. The number of carbonyl (C=O) groups is 3. The van der Waals surface area contributed by atoms with Gasteiger partial charge in [0.2, 0.25) is 0 Å². The molecule has 0 saturated heterocycles. The monoisotopic (exact) mass is 563 g/mol. The van der Waals surface area contributed by atoms with Gasteiger partial charge in [-0.05, 0) is 68.0 Å². The molecule has 0 aromatic heterocycles. The fourth-order valence-electron chi connectivity index (χ4n) is 3.59. The molecular weight excluding hydrogens is 506 g/mol. The van der Waals surface area contributed by atoms with Crippen molar-refractivity contribution in [3.8, 4) is 0 Å². The van der Waals surface area contributed by atoms with E-state index >= 15 is 0 Å². The maximum absolute atomic E-state index is 11.9. The van der Waals surface area contributed by atoms with Crippen LogP contribution in [0.4, 0.5) is 0 Å². The molecule has 0 atom stereocenters. The Morgan fingerprint density at radius 2 is 1.27 bits per heavy atom. The Morgan fingerprint density at radius 1 is 0.707 bits per heavy atom. The van der Waals surface area contributed by atoms with E-state index in [4.69, 9.17) is 5.41 Å². The molecule has 0 radical (unpaired) electrons. The first-order valence-electron chi connectivity index (χ1n) is 15.6. The van der Waals surface area contributed by atoms with Gasteiger partial charge in [-0.15, -0.1) is 0 Å². The van der Waals surface area contributed by atoms with Crippen LogP contribution >= 0.6 is 0 Å². The van der Waals surface area contributed by atoms with Crippen LogP contribution in [0, 0.1) is 5.41 Å². The molecule has 4 heteroatoms. The Labute approximate surface area is 251 Å². The molecular formula is C37H57NO3. The third-order valence-corrected chi connectivity index (χ3v) is 5.97. The molecule has 0 amide bonds. The number of hydrogen-bond acceptors (Lipinski definition) is 4. The zero-order valence-electron chi connectivity index (χ0n) is 26.8. The second kappa shape index (κ2) is 29.8. The van der Waals surface area contributed by atoms with E-state index in [0.717, 1.165) is 43.1 Å². The van der Waals surface area contributed by atoms with Crippen molar-refractivity contribution in [1.29, 1.82) is 5.41 Å². The Morgan fingerprint density at radius 3 is 1.80 bits per heavy atom. The van der Waals surface area contributed by atoms with E-state index in [1.807, 2.05) is 54.6 Å². The molecule has 2 aromatic carbocycles. The molecule has 0 spiro atoms. The van der Waals surface area contributed by atoms with Gasteiger partial charge >= 0.3 is 0 Å². The average molecular weight is 564 g/mol. The maximum Gasteiger partial charge on any atom is 0.156 e. The maximum atomic E-state index is 11.9. The zero-order chi connectivity index (χ0) is 31.1. The lowest BCUT2D eigenvalue weighted by Gasteiger charge is -2.02. The minimum atomic E-state index is 0.0558. The molecule has 2 aromatic rings. The van der Waals surface area contributed by atoms with Gasteiger partial charge in [0, 0.05) is 12.8 Å². The molecule has 0 saturated carbocycles. The highest BCUT2D eigenvalue weighted by atomic mass is 16.1. The molecule has 0 bridgehead atoms. The summed E-state index contributed by atoms with van der Waals surface area (Å²) in [4.78, 5) is 31.2. The summed E-state index contributed by atoms with van der Waals surface area (Å²) in [5.41, 5.74) is 3.59. The quantitative estimate of drug-likeness (QED) is 0.0955. The van der Waals surface area contributed by atoms with Gasteiger partial charge in [-0.2, -0.15) is 0 Å². The summed E-state index contributed by atoms with van der Waals surface area (Å²) in [7, 11) is 0. The first-order chi connectivity index (χ1) is 19.7. The summed E-state index contributed by atoms with van der Waals surface area (Å²) in [6, 6.07) is 17.9. The van der Waals surface area contributed by atoms with E-state index in [2.05, 4.69) is 27.7 Å². The van der Waals surface area contributed by atoms with E-state index in [1.165, 1.54) is 76.9 Å². The van der Waals surface area contributed by atoms with Gasteiger partial charge < -0.3 is 15.0 Å². The molecule has 2 rings (SSSR count). The predicted octanol–water partition coefficient (Wildman–Crippen LogP) is 10.1. The number of unbranched alkanes of at least 4 members (excludes halogenated alkanes) is 8. The number of rotatable bonds is 16. The molecule has 41 heavy (non-hydrogen) atoms. The van der Waals surface area contributed by atoms with Crippen LogP contribution in [0.2, 0.25) is 0 Å². The second-order valence-electron chi connectivity index (χ2n) is 10.2. The zero-order valence-corrected chi connectivity index (χ0v) is 26.8. The molecule has 0 aliphatic rings. The first-order valence-corrected chi connectivity index (χ1v) is 15.6. The lowest BCUT2D eigenvalue weighted by molar-refractivity contribution is -0.115. The third kappa shape index (κ3) is 28.2. The van der Waals surface area contributed by atoms with Gasteiger partial charge in [0.25, 0.3) is 0 Å². The number of aryl methyl sites for hydroxylation is 2. The fourth-order valence-corrected chi connectivity index (χ4v) is 3.59. The number of Topliss-reactive ketones (excluding diaryl/α,β-unsaturated/α-hetero) is 1. The van der Waals surface area contributed by atoms with Gasteiger partial charge in [-0.25, -0.2) is 0 Å². The van der Waals surface area contributed by atoms with Gasteiger partial charge in [0.1, 0.15) is 12.1 Å².